The van der Waals surface area contributed by atoms with Crippen LogP contribution < -0.4 is 5.32 Å². The molecule has 6 rings (SSSR count). The summed E-state index contributed by atoms with van der Waals surface area (Å²) in [5.41, 5.74) is -1.51. The van der Waals surface area contributed by atoms with Gasteiger partial charge in [0, 0.05) is 88.3 Å². The molecular formula is C58H95N5O18. The van der Waals surface area contributed by atoms with Crippen LogP contribution in [0.4, 0.5) is 0 Å². The van der Waals surface area contributed by atoms with Gasteiger partial charge in [-0.05, 0) is 72.6 Å². The van der Waals surface area contributed by atoms with E-state index in [1.807, 2.05) is 41.5 Å². The van der Waals surface area contributed by atoms with Crippen molar-refractivity contribution in [3.63, 3.8) is 0 Å². The summed E-state index contributed by atoms with van der Waals surface area (Å²) in [6.07, 6.45) is -6.79. The number of esters is 2. The maximum Gasteiger partial charge on any atom is 0.311 e. The molecule has 5 heterocycles. The first kappa shape index (κ1) is 66.3. The standard InChI is InChI=1S/C58H95N5O18/c1-28(2)19-43(64)78-49-35(9)48(30(4)27-74-57-52(72-15)51(71-14)45(65)38(12)77-57)80-55(69)37(11)50(79-44-20-31(5)63(26-33(7)75-44)40-22-39(23-40)61-54(68)42-25-59-17-18-60-42)34(8)47(29(3)24-58(13,70)53(67)36(49)10)81-56-46(66)41(62-73-16)21-32(6)76-56/h17-18,25,28-40,44-52,56-57,65-66,70H,19-24,26-27H2,1-16H3,(H,61,68)/b62-41+/t29-,30-,31?,32+,33-,34+,35-,36+,37+,38+,39?,40?,44-,45+,46+,47-,48+,49+,50-,51+,52+,56-,57+,58-/m0/s1. The van der Waals surface area contributed by atoms with Gasteiger partial charge in [-0.3, -0.25) is 29.1 Å². The highest BCUT2D eigenvalue weighted by Gasteiger charge is 2.52. The Morgan fingerprint density at radius 3 is 2.16 bits per heavy atom. The fraction of sp³-hybridized carbons (Fsp3) is 0.845. The van der Waals surface area contributed by atoms with E-state index in [9.17, 15) is 24.9 Å². The molecule has 1 saturated carbocycles. The lowest BCUT2D eigenvalue weighted by Crippen LogP contribution is -2.59. The first-order valence-electron chi connectivity index (χ1n) is 29.1. The second-order valence-electron chi connectivity index (χ2n) is 24.5. The van der Waals surface area contributed by atoms with Crippen molar-refractivity contribution in [1.82, 2.24) is 20.2 Å². The number of aromatic nitrogens is 2. The summed E-state index contributed by atoms with van der Waals surface area (Å²) >= 11 is 0. The van der Waals surface area contributed by atoms with E-state index in [0.29, 0.717) is 31.5 Å². The predicted octanol–water partition coefficient (Wildman–Crippen LogP) is 4.39. The van der Waals surface area contributed by atoms with Crippen molar-refractivity contribution in [3.8, 4) is 0 Å². The maximum absolute atomic E-state index is 15.4. The lowest BCUT2D eigenvalue weighted by atomic mass is 9.74. The lowest BCUT2D eigenvalue weighted by Gasteiger charge is -2.45. The van der Waals surface area contributed by atoms with Crippen LogP contribution in [0.5, 0.6) is 0 Å². The van der Waals surface area contributed by atoms with Gasteiger partial charge in [-0.15, -0.1) is 0 Å². The van der Waals surface area contributed by atoms with Crippen LogP contribution in [0.1, 0.15) is 139 Å². The number of ether oxygens (including phenoxy) is 10. The van der Waals surface area contributed by atoms with Crippen LogP contribution >= 0.6 is 0 Å². The van der Waals surface area contributed by atoms with Gasteiger partial charge < -0.3 is 72.8 Å². The Labute approximate surface area is 478 Å². The van der Waals surface area contributed by atoms with Gasteiger partial charge in [-0.25, -0.2) is 4.98 Å². The number of oxime groups is 1. The van der Waals surface area contributed by atoms with Crippen LogP contribution in [0.15, 0.2) is 23.7 Å². The fourth-order valence-corrected chi connectivity index (χ4v) is 12.7. The largest absolute Gasteiger partial charge is 0.461 e. The van der Waals surface area contributed by atoms with Crippen molar-refractivity contribution < 1.29 is 86.7 Å². The Kier molecular flexibility index (Phi) is 24.0. The predicted molar refractivity (Wildman–Crippen MR) is 293 cm³/mol. The van der Waals surface area contributed by atoms with Crippen LogP contribution in [-0.4, -0.2) is 204 Å². The van der Waals surface area contributed by atoms with Crippen LogP contribution in [0, 0.1) is 41.4 Å². The molecule has 460 valence electrons. The van der Waals surface area contributed by atoms with Gasteiger partial charge in [-0.1, -0.05) is 53.6 Å². The average molecular weight is 1150 g/mol. The minimum atomic E-state index is -2.05. The van der Waals surface area contributed by atoms with E-state index in [1.54, 1.807) is 34.6 Å². The molecule has 0 aromatic carbocycles. The van der Waals surface area contributed by atoms with Crippen LogP contribution in [0.25, 0.3) is 0 Å². The van der Waals surface area contributed by atoms with E-state index < -0.39 is 139 Å². The molecule has 23 nitrogen and oxygen atoms in total. The first-order valence-corrected chi connectivity index (χ1v) is 29.1. The van der Waals surface area contributed by atoms with Gasteiger partial charge in [0.25, 0.3) is 5.91 Å². The molecule has 0 bridgehead atoms. The van der Waals surface area contributed by atoms with E-state index >= 15 is 9.59 Å². The van der Waals surface area contributed by atoms with Crippen LogP contribution in [-0.2, 0) is 66.6 Å². The van der Waals surface area contributed by atoms with Crippen molar-refractivity contribution in [2.24, 2.45) is 46.6 Å². The molecule has 23 heteroatoms. The van der Waals surface area contributed by atoms with Crippen molar-refractivity contribution in [3.05, 3.63) is 24.3 Å². The molecule has 0 spiro atoms. The van der Waals surface area contributed by atoms with E-state index in [2.05, 4.69) is 32.3 Å². The number of nitrogens with zero attached hydrogens (tertiary/aromatic N) is 4. The minimum Gasteiger partial charge on any atom is -0.461 e. The third-order valence-corrected chi connectivity index (χ3v) is 17.1. The van der Waals surface area contributed by atoms with Crippen LogP contribution in [0.3, 0.4) is 0 Å². The van der Waals surface area contributed by atoms with Gasteiger partial charge in [-0.2, -0.15) is 0 Å². The summed E-state index contributed by atoms with van der Waals surface area (Å²) in [5.74, 6) is -7.51. The number of carbonyl (C=O) groups excluding carboxylic acids is 4. The summed E-state index contributed by atoms with van der Waals surface area (Å²) in [5, 5.41) is 42.3. The van der Waals surface area contributed by atoms with E-state index in [1.165, 1.54) is 46.8 Å². The smallest absolute Gasteiger partial charge is 0.311 e. The number of ketones is 1. The number of carbonyl (C=O) groups is 4. The fourth-order valence-electron chi connectivity index (χ4n) is 12.7. The highest BCUT2D eigenvalue weighted by Crippen LogP contribution is 2.40. The van der Waals surface area contributed by atoms with Gasteiger partial charge in [0.15, 0.2) is 24.7 Å². The molecule has 4 saturated heterocycles. The molecule has 1 unspecified atom stereocenters. The Morgan fingerprint density at radius 2 is 1.53 bits per heavy atom. The van der Waals surface area contributed by atoms with Crippen molar-refractivity contribution >= 4 is 29.3 Å². The number of nitrogens with one attached hydrogen (secondary N) is 1. The molecule has 1 aromatic heterocycles. The van der Waals surface area contributed by atoms with E-state index in [0.717, 1.165) is 0 Å². The SMILES string of the molecule is CO/N=C1\C[C@@H](C)O[C@@H](O[C@@H]2[C@@H](C)[C@H](O[C@H]3CC(C)N(C4CC(NC(=O)c5cnccn5)C4)C[C@H](C)O3)[C@@H](C)C(=O)O[C@H]([C@@H](C)CO[C@@H]3O[C@H](C)[C@@H](O)[C@@H](OC)[C@H]3OC)[C@H](C)[C@@H](OC(=O)CC(C)C)[C@@H](C)C(=O)[C@@](C)(O)C[C@@H]2C)[C@@H]1O. The average Bonchev–Trinajstić information content (AvgIpc) is 3.63. The third kappa shape index (κ3) is 16.5. The number of Topliss-reactive ketones (excluding diaryl/α,β-unsaturated/α-hetero) is 1. The van der Waals surface area contributed by atoms with Crippen molar-refractivity contribution in [2.45, 2.75) is 238 Å². The number of amides is 1. The first-order chi connectivity index (χ1) is 38.2. The Balaban J connectivity index is 1.38. The van der Waals surface area contributed by atoms with Crippen molar-refractivity contribution in [2.75, 3.05) is 34.5 Å². The highest BCUT2D eigenvalue weighted by molar-refractivity contribution is 5.92. The highest BCUT2D eigenvalue weighted by atomic mass is 16.7. The Bertz CT molecular complexity index is 2220. The minimum absolute atomic E-state index is 0.0304. The van der Waals surface area contributed by atoms with Gasteiger partial charge in [0.1, 0.15) is 55.0 Å². The number of hydrogen-bond donors (Lipinski definition) is 4. The zero-order valence-corrected chi connectivity index (χ0v) is 50.5. The van der Waals surface area contributed by atoms with E-state index in [-0.39, 0.29) is 67.6 Å². The number of rotatable bonds is 17. The molecule has 22 atom stereocenters. The summed E-state index contributed by atoms with van der Waals surface area (Å²) in [4.78, 5) is 72.8. The summed E-state index contributed by atoms with van der Waals surface area (Å²) in [6.45, 7) is 23.7. The Hall–Kier alpha value is -3.85. The molecule has 1 amide bonds. The normalized spacial score (nSPS) is 41.5. The quantitative estimate of drug-likeness (QED) is 0.124. The van der Waals surface area contributed by atoms with Gasteiger partial charge >= 0.3 is 11.9 Å². The maximum atomic E-state index is 15.4. The molecule has 81 heavy (non-hydrogen) atoms. The summed E-state index contributed by atoms with van der Waals surface area (Å²) in [7, 11) is 4.29. The Morgan fingerprint density at radius 1 is 0.840 bits per heavy atom. The number of aliphatic hydroxyl groups is 3. The lowest BCUT2D eigenvalue weighted by molar-refractivity contribution is -0.305. The van der Waals surface area contributed by atoms with Gasteiger partial charge in [0.05, 0.1) is 60.9 Å². The number of aliphatic hydroxyl groups excluding tert-OH is 2. The monoisotopic (exact) mass is 1150 g/mol. The third-order valence-electron chi connectivity index (χ3n) is 17.1. The molecule has 5 aliphatic rings. The van der Waals surface area contributed by atoms with E-state index in [4.69, 9.17) is 52.2 Å². The second-order valence-corrected chi connectivity index (χ2v) is 24.5. The zero-order chi connectivity index (χ0) is 59.8. The van der Waals surface area contributed by atoms with Crippen LogP contribution in [0.2, 0.25) is 0 Å². The number of cyclic esters (lactones) is 1. The summed E-state index contributed by atoms with van der Waals surface area (Å²) < 4.78 is 63.9. The number of methoxy groups -OCH3 is 2. The second kappa shape index (κ2) is 29.3. The van der Waals surface area contributed by atoms with Crippen molar-refractivity contribution in [1.29, 1.82) is 0 Å². The molecule has 5 fully saturated rings. The number of hydrogen-bond acceptors (Lipinski definition) is 22. The summed E-state index contributed by atoms with van der Waals surface area (Å²) in [6, 6.07) is -0.0148. The molecule has 0 radical (unpaired) electrons. The molecule has 1 aromatic rings. The topological polar surface area (TPSA) is 284 Å². The zero-order valence-electron chi connectivity index (χ0n) is 50.5. The molecule has 1 aliphatic carbocycles. The molecule has 4 aliphatic heterocycles. The van der Waals surface area contributed by atoms with Gasteiger partial charge in [0.2, 0.25) is 0 Å². The molecule has 4 N–H and O–H groups in total. The molecular weight excluding hydrogens is 1050 g/mol.